The largest absolute Gasteiger partial charge is 0.444 e. The topological polar surface area (TPSA) is 81.4 Å². The summed E-state index contributed by atoms with van der Waals surface area (Å²) in [6, 6.07) is 3.64. The Labute approximate surface area is 134 Å². The van der Waals surface area contributed by atoms with Crippen molar-refractivity contribution in [3.05, 3.63) is 30.4 Å². The maximum Gasteiger partial charge on any atom is 0.410 e. The van der Waals surface area contributed by atoms with Gasteiger partial charge in [-0.1, -0.05) is 0 Å². The van der Waals surface area contributed by atoms with Crippen LogP contribution in [0.3, 0.4) is 0 Å². The van der Waals surface area contributed by atoms with E-state index in [2.05, 4.69) is 15.2 Å². The zero-order chi connectivity index (χ0) is 16.4. The van der Waals surface area contributed by atoms with Crippen LogP contribution in [0.25, 0.3) is 11.5 Å². The molecule has 1 saturated heterocycles. The number of carbonyl (C=O) groups excluding carboxylic acids is 1. The predicted octanol–water partition coefficient (Wildman–Crippen LogP) is 2.86. The molecule has 0 N–H and O–H groups in total. The Balaban J connectivity index is 1.66. The number of hydrogen-bond acceptors (Lipinski definition) is 6. The Bertz CT molecular complexity index is 678. The molecule has 3 heterocycles. The van der Waals surface area contributed by atoms with Crippen LogP contribution in [0.2, 0.25) is 0 Å². The lowest BCUT2D eigenvalue weighted by Crippen LogP contribution is -2.35. The summed E-state index contributed by atoms with van der Waals surface area (Å²) in [6.07, 6.45) is 3.85. The molecule has 1 fully saturated rings. The van der Waals surface area contributed by atoms with E-state index in [4.69, 9.17) is 9.15 Å². The highest BCUT2D eigenvalue weighted by molar-refractivity contribution is 5.68. The van der Waals surface area contributed by atoms with Crippen LogP contribution >= 0.6 is 0 Å². The molecule has 3 rings (SSSR count). The molecule has 1 amide bonds. The molecule has 1 aliphatic heterocycles. The van der Waals surface area contributed by atoms with Crippen LogP contribution in [-0.4, -0.2) is 44.9 Å². The average molecular weight is 316 g/mol. The van der Waals surface area contributed by atoms with Gasteiger partial charge in [-0.25, -0.2) is 4.79 Å². The van der Waals surface area contributed by atoms with Gasteiger partial charge < -0.3 is 14.1 Å². The highest BCUT2D eigenvalue weighted by atomic mass is 16.6. The van der Waals surface area contributed by atoms with Crippen LogP contribution < -0.4 is 0 Å². The summed E-state index contributed by atoms with van der Waals surface area (Å²) >= 11 is 0. The summed E-state index contributed by atoms with van der Waals surface area (Å²) in [5.41, 5.74) is 0.342. The lowest BCUT2D eigenvalue weighted by Gasteiger charge is -2.24. The number of nitrogens with zero attached hydrogens (tertiary/aromatic N) is 4. The monoisotopic (exact) mass is 316 g/mol. The molecule has 0 spiro atoms. The van der Waals surface area contributed by atoms with Crippen molar-refractivity contribution in [1.82, 2.24) is 20.1 Å². The Hall–Kier alpha value is -2.44. The van der Waals surface area contributed by atoms with Crippen molar-refractivity contribution in [3.63, 3.8) is 0 Å². The first-order valence-corrected chi connectivity index (χ1v) is 7.64. The first-order chi connectivity index (χ1) is 10.9. The standard InChI is InChI=1S/C16H20N4O3/c1-16(2,3)23-15(21)20-9-6-12(10-20)14-19-18-13(22-14)11-4-7-17-8-5-11/h4-5,7-8,12H,6,9-10H2,1-3H3. The number of ether oxygens (including phenoxy) is 1. The zero-order valence-corrected chi connectivity index (χ0v) is 13.5. The van der Waals surface area contributed by atoms with Gasteiger partial charge in [-0.15, -0.1) is 10.2 Å². The molecule has 2 aromatic heterocycles. The maximum absolute atomic E-state index is 12.1. The number of rotatable bonds is 2. The number of carbonyl (C=O) groups is 1. The molecule has 1 atom stereocenters. The first kappa shape index (κ1) is 15.5. The summed E-state index contributed by atoms with van der Waals surface area (Å²) in [7, 11) is 0. The van der Waals surface area contributed by atoms with Gasteiger partial charge in [-0.05, 0) is 39.3 Å². The minimum Gasteiger partial charge on any atom is -0.444 e. The van der Waals surface area contributed by atoms with E-state index in [1.807, 2.05) is 32.9 Å². The van der Waals surface area contributed by atoms with Crippen molar-refractivity contribution in [1.29, 1.82) is 0 Å². The summed E-state index contributed by atoms with van der Waals surface area (Å²) in [5.74, 6) is 1.08. The minimum absolute atomic E-state index is 0.0469. The van der Waals surface area contributed by atoms with Crippen LogP contribution in [-0.2, 0) is 4.74 Å². The van der Waals surface area contributed by atoms with E-state index in [9.17, 15) is 4.79 Å². The summed E-state index contributed by atoms with van der Waals surface area (Å²) < 4.78 is 11.1. The Morgan fingerprint density at radius 2 is 2.04 bits per heavy atom. The van der Waals surface area contributed by atoms with Crippen molar-refractivity contribution in [2.45, 2.75) is 38.7 Å². The van der Waals surface area contributed by atoms with Gasteiger partial charge >= 0.3 is 6.09 Å². The van der Waals surface area contributed by atoms with E-state index in [-0.39, 0.29) is 12.0 Å². The van der Waals surface area contributed by atoms with Gasteiger partial charge in [0.1, 0.15) is 5.60 Å². The molecule has 7 heteroatoms. The third kappa shape index (κ3) is 3.67. The number of hydrogen-bond donors (Lipinski definition) is 0. The highest BCUT2D eigenvalue weighted by Gasteiger charge is 2.33. The van der Waals surface area contributed by atoms with Crippen LogP contribution in [0.15, 0.2) is 28.9 Å². The van der Waals surface area contributed by atoms with E-state index in [0.29, 0.717) is 24.9 Å². The molecule has 1 unspecified atom stereocenters. The van der Waals surface area contributed by atoms with E-state index in [1.54, 1.807) is 17.3 Å². The lowest BCUT2D eigenvalue weighted by atomic mass is 10.1. The second kappa shape index (κ2) is 5.98. The smallest absolute Gasteiger partial charge is 0.410 e. The van der Waals surface area contributed by atoms with Crippen LogP contribution in [0.1, 0.15) is 39.0 Å². The van der Waals surface area contributed by atoms with Gasteiger partial charge in [0.15, 0.2) is 0 Å². The van der Waals surface area contributed by atoms with E-state index in [0.717, 1.165) is 12.0 Å². The van der Waals surface area contributed by atoms with Crippen molar-refractivity contribution in [2.75, 3.05) is 13.1 Å². The number of amides is 1. The molecule has 1 aliphatic rings. The zero-order valence-electron chi connectivity index (χ0n) is 13.5. The molecular formula is C16H20N4O3. The summed E-state index contributed by atoms with van der Waals surface area (Å²) in [4.78, 5) is 17.7. The quantitative estimate of drug-likeness (QED) is 0.847. The average Bonchev–Trinajstić information content (AvgIpc) is 3.16. The SMILES string of the molecule is CC(C)(C)OC(=O)N1CCC(c2nnc(-c3ccncc3)o2)C1. The van der Waals surface area contributed by atoms with Gasteiger partial charge in [-0.2, -0.15) is 0 Å². The second-order valence-electron chi connectivity index (χ2n) is 6.59. The Morgan fingerprint density at radius 1 is 1.30 bits per heavy atom. The fourth-order valence-corrected chi connectivity index (χ4v) is 2.46. The Kier molecular flexibility index (Phi) is 4.02. The van der Waals surface area contributed by atoms with Gasteiger partial charge in [0.05, 0.1) is 5.92 Å². The molecular weight excluding hydrogens is 296 g/mol. The van der Waals surface area contributed by atoms with Gasteiger partial charge in [0, 0.05) is 31.0 Å². The molecule has 0 saturated carbocycles. The third-order valence-corrected chi connectivity index (χ3v) is 3.56. The molecule has 2 aromatic rings. The van der Waals surface area contributed by atoms with E-state index in [1.165, 1.54) is 0 Å². The summed E-state index contributed by atoms with van der Waals surface area (Å²) in [5, 5.41) is 8.21. The summed E-state index contributed by atoms with van der Waals surface area (Å²) in [6.45, 7) is 6.74. The van der Waals surface area contributed by atoms with Crippen molar-refractivity contribution in [2.24, 2.45) is 0 Å². The normalized spacial score (nSPS) is 18.2. The van der Waals surface area contributed by atoms with E-state index >= 15 is 0 Å². The lowest BCUT2D eigenvalue weighted by molar-refractivity contribution is 0.0291. The van der Waals surface area contributed by atoms with Crippen molar-refractivity contribution < 1.29 is 13.9 Å². The minimum atomic E-state index is -0.492. The molecule has 23 heavy (non-hydrogen) atoms. The first-order valence-electron chi connectivity index (χ1n) is 7.64. The Morgan fingerprint density at radius 3 is 2.74 bits per heavy atom. The fourth-order valence-electron chi connectivity index (χ4n) is 2.46. The number of aromatic nitrogens is 3. The highest BCUT2D eigenvalue weighted by Crippen LogP contribution is 2.29. The molecule has 0 aromatic carbocycles. The van der Waals surface area contributed by atoms with Gasteiger partial charge in [-0.3, -0.25) is 4.98 Å². The molecule has 0 aliphatic carbocycles. The van der Waals surface area contributed by atoms with Gasteiger partial charge in [0.2, 0.25) is 11.8 Å². The molecule has 0 radical (unpaired) electrons. The second-order valence-corrected chi connectivity index (χ2v) is 6.59. The molecule has 7 nitrogen and oxygen atoms in total. The maximum atomic E-state index is 12.1. The number of pyridine rings is 1. The third-order valence-electron chi connectivity index (χ3n) is 3.56. The molecule has 122 valence electrons. The predicted molar refractivity (Wildman–Crippen MR) is 82.7 cm³/mol. The van der Waals surface area contributed by atoms with E-state index < -0.39 is 5.60 Å². The number of likely N-dealkylation sites (tertiary alicyclic amines) is 1. The van der Waals surface area contributed by atoms with Crippen LogP contribution in [0.5, 0.6) is 0 Å². The van der Waals surface area contributed by atoms with Crippen molar-refractivity contribution >= 4 is 6.09 Å². The van der Waals surface area contributed by atoms with Crippen molar-refractivity contribution in [3.8, 4) is 11.5 Å². The van der Waals surface area contributed by atoms with Crippen LogP contribution in [0.4, 0.5) is 4.79 Å². The van der Waals surface area contributed by atoms with Crippen LogP contribution in [0, 0.1) is 0 Å². The molecule has 0 bridgehead atoms. The van der Waals surface area contributed by atoms with Gasteiger partial charge in [0.25, 0.3) is 0 Å². The fraction of sp³-hybridized carbons (Fsp3) is 0.500.